The van der Waals surface area contributed by atoms with E-state index in [4.69, 9.17) is 4.74 Å². The van der Waals surface area contributed by atoms with Gasteiger partial charge in [-0.1, -0.05) is 61.7 Å². The molecule has 1 N–H and O–H groups in total. The minimum Gasteiger partial charge on any atom is -0.507 e. The van der Waals surface area contributed by atoms with Crippen LogP contribution in [0.4, 0.5) is 0 Å². The number of rotatable bonds is 11. The summed E-state index contributed by atoms with van der Waals surface area (Å²) in [5.41, 5.74) is 1.14. The van der Waals surface area contributed by atoms with E-state index in [-0.39, 0.29) is 22.5 Å². The average molecular weight is 397 g/mol. The maximum atomic E-state index is 11.8. The SMILES string of the molecule is C=CCOc1cc(C(C)(C)CCCCCCBr)cc(O)c1C(C)=O. The number of carbonyl (C=O) groups excluding carboxylic acids is 1. The summed E-state index contributed by atoms with van der Waals surface area (Å²) in [5.74, 6) is 0.224. The standard InChI is InChI=1S/C20H29BrO3/c1-5-12-24-18-14-16(13-17(23)19(18)15(2)22)20(3,4)10-8-6-7-9-11-21/h5,13-14,23H,1,6-12H2,2-4H3. The van der Waals surface area contributed by atoms with Gasteiger partial charge in [0.1, 0.15) is 23.7 Å². The van der Waals surface area contributed by atoms with Gasteiger partial charge in [0.15, 0.2) is 5.78 Å². The van der Waals surface area contributed by atoms with E-state index >= 15 is 0 Å². The number of unbranched alkanes of at least 4 members (excludes halogenated alkanes) is 3. The molecule has 0 bridgehead atoms. The highest BCUT2D eigenvalue weighted by Crippen LogP contribution is 2.38. The van der Waals surface area contributed by atoms with Crippen molar-refractivity contribution in [1.82, 2.24) is 0 Å². The molecule has 3 nitrogen and oxygen atoms in total. The van der Waals surface area contributed by atoms with Crippen LogP contribution < -0.4 is 4.74 Å². The summed E-state index contributed by atoms with van der Waals surface area (Å²) < 4.78 is 5.62. The van der Waals surface area contributed by atoms with Gasteiger partial charge in [-0.3, -0.25) is 4.79 Å². The van der Waals surface area contributed by atoms with Crippen molar-refractivity contribution in [2.75, 3.05) is 11.9 Å². The number of ether oxygens (including phenoxy) is 1. The summed E-state index contributed by atoms with van der Waals surface area (Å²) in [4.78, 5) is 11.8. The van der Waals surface area contributed by atoms with Crippen LogP contribution in [0.1, 0.15) is 68.8 Å². The van der Waals surface area contributed by atoms with Crippen LogP contribution in [0.5, 0.6) is 11.5 Å². The molecule has 24 heavy (non-hydrogen) atoms. The van der Waals surface area contributed by atoms with Crippen LogP contribution in [0.2, 0.25) is 0 Å². The van der Waals surface area contributed by atoms with Gasteiger partial charge in [0.05, 0.1) is 0 Å². The van der Waals surface area contributed by atoms with Gasteiger partial charge >= 0.3 is 0 Å². The third-order valence-electron chi connectivity index (χ3n) is 4.26. The third kappa shape index (κ3) is 5.97. The number of alkyl halides is 1. The maximum absolute atomic E-state index is 11.8. The van der Waals surface area contributed by atoms with Crippen LogP contribution in [0, 0.1) is 0 Å². The minimum atomic E-state index is -0.203. The number of phenolic OH excluding ortho intramolecular Hbond substituents is 1. The molecule has 0 heterocycles. The normalized spacial score (nSPS) is 11.3. The van der Waals surface area contributed by atoms with Crippen LogP contribution in [0.3, 0.4) is 0 Å². The highest BCUT2D eigenvalue weighted by atomic mass is 79.9. The fourth-order valence-electron chi connectivity index (χ4n) is 2.77. The lowest BCUT2D eigenvalue weighted by Gasteiger charge is -2.27. The number of Topliss-reactive ketones (excluding diaryl/α,β-unsaturated/α-hetero) is 1. The van der Waals surface area contributed by atoms with Gasteiger partial charge in [-0.25, -0.2) is 0 Å². The summed E-state index contributed by atoms with van der Waals surface area (Å²) in [6.45, 7) is 9.70. The molecule has 1 aromatic rings. The fraction of sp³-hybridized carbons (Fsp3) is 0.550. The van der Waals surface area contributed by atoms with Gasteiger partial charge < -0.3 is 9.84 Å². The molecule has 0 aliphatic carbocycles. The molecule has 0 spiro atoms. The number of hydrogen-bond donors (Lipinski definition) is 1. The van der Waals surface area contributed by atoms with Gasteiger partial charge in [-0.15, -0.1) is 0 Å². The van der Waals surface area contributed by atoms with E-state index < -0.39 is 0 Å². The Morgan fingerprint density at radius 2 is 1.96 bits per heavy atom. The Kier molecular flexibility index (Phi) is 8.54. The molecule has 0 amide bonds. The predicted octanol–water partition coefficient (Wildman–Crippen LogP) is 5.78. The lowest BCUT2D eigenvalue weighted by Crippen LogP contribution is -2.18. The fourth-order valence-corrected chi connectivity index (χ4v) is 3.16. The molecule has 134 valence electrons. The first-order valence-corrected chi connectivity index (χ1v) is 9.63. The Labute approximate surface area is 154 Å². The van der Waals surface area contributed by atoms with E-state index in [1.54, 1.807) is 12.1 Å². The Balaban J connectivity index is 2.98. The smallest absolute Gasteiger partial charge is 0.167 e. The first kappa shape index (κ1) is 20.8. The molecule has 1 rings (SSSR count). The van der Waals surface area contributed by atoms with Crippen molar-refractivity contribution in [2.45, 2.75) is 58.3 Å². The summed E-state index contributed by atoms with van der Waals surface area (Å²) in [6.07, 6.45) is 7.42. The summed E-state index contributed by atoms with van der Waals surface area (Å²) in [6, 6.07) is 3.59. The molecular formula is C20H29BrO3. The minimum absolute atomic E-state index is 0.00794. The van der Waals surface area contributed by atoms with E-state index in [1.165, 1.54) is 26.2 Å². The van der Waals surface area contributed by atoms with Crippen LogP contribution in [0.25, 0.3) is 0 Å². The average Bonchev–Trinajstić information content (AvgIpc) is 2.51. The number of halogens is 1. The zero-order valence-corrected chi connectivity index (χ0v) is 16.6. The zero-order valence-electron chi connectivity index (χ0n) is 15.0. The molecule has 1 aromatic carbocycles. The van der Waals surface area contributed by atoms with Gasteiger partial charge in [-0.05, 0) is 42.9 Å². The van der Waals surface area contributed by atoms with Crippen LogP contribution in [0.15, 0.2) is 24.8 Å². The molecule has 0 saturated heterocycles. The predicted molar refractivity (Wildman–Crippen MR) is 104 cm³/mol. The molecule has 0 aliphatic rings. The Morgan fingerprint density at radius 3 is 2.54 bits per heavy atom. The lowest BCUT2D eigenvalue weighted by molar-refractivity contribution is 0.101. The van der Waals surface area contributed by atoms with Gasteiger partial charge in [-0.2, -0.15) is 0 Å². The largest absolute Gasteiger partial charge is 0.507 e. The molecule has 0 aromatic heterocycles. The molecular weight excluding hydrogens is 368 g/mol. The van der Waals surface area contributed by atoms with E-state index in [2.05, 4.69) is 36.4 Å². The third-order valence-corrected chi connectivity index (χ3v) is 4.82. The second kappa shape index (κ2) is 9.87. The van der Waals surface area contributed by atoms with Crippen molar-refractivity contribution in [3.63, 3.8) is 0 Å². The highest BCUT2D eigenvalue weighted by Gasteiger charge is 2.25. The second-order valence-electron chi connectivity index (χ2n) is 6.76. The number of carbonyl (C=O) groups is 1. The Hall–Kier alpha value is -1.29. The number of phenols is 1. The van der Waals surface area contributed by atoms with E-state index in [9.17, 15) is 9.90 Å². The number of aromatic hydroxyl groups is 1. The number of benzene rings is 1. The van der Waals surface area contributed by atoms with Crippen LogP contribution in [-0.4, -0.2) is 22.8 Å². The van der Waals surface area contributed by atoms with Crippen molar-refractivity contribution in [1.29, 1.82) is 0 Å². The molecule has 4 heteroatoms. The maximum Gasteiger partial charge on any atom is 0.167 e. The monoisotopic (exact) mass is 396 g/mol. The summed E-state index contributed by atoms with van der Waals surface area (Å²) in [7, 11) is 0. The second-order valence-corrected chi connectivity index (χ2v) is 7.55. The van der Waals surface area contributed by atoms with Crippen molar-refractivity contribution >= 4 is 21.7 Å². The molecule has 0 atom stereocenters. The first-order valence-electron chi connectivity index (χ1n) is 8.51. The van der Waals surface area contributed by atoms with Gasteiger partial charge in [0, 0.05) is 5.33 Å². The Bertz CT molecular complexity index is 564. The molecule has 0 fully saturated rings. The van der Waals surface area contributed by atoms with E-state index in [0.717, 1.165) is 23.7 Å². The van der Waals surface area contributed by atoms with Gasteiger partial charge in [0.2, 0.25) is 0 Å². The Morgan fingerprint density at radius 1 is 1.29 bits per heavy atom. The number of hydrogen-bond acceptors (Lipinski definition) is 3. The topological polar surface area (TPSA) is 46.5 Å². The quantitative estimate of drug-likeness (QED) is 0.223. The lowest BCUT2D eigenvalue weighted by atomic mass is 9.79. The molecule has 0 saturated carbocycles. The summed E-state index contributed by atoms with van der Waals surface area (Å²) >= 11 is 3.46. The molecule has 0 radical (unpaired) electrons. The van der Waals surface area contributed by atoms with Gasteiger partial charge in [0.25, 0.3) is 0 Å². The first-order chi connectivity index (χ1) is 11.3. The highest BCUT2D eigenvalue weighted by molar-refractivity contribution is 9.09. The molecule has 0 aliphatic heterocycles. The van der Waals surface area contributed by atoms with Crippen LogP contribution >= 0.6 is 15.9 Å². The van der Waals surface area contributed by atoms with Crippen molar-refractivity contribution in [3.8, 4) is 11.5 Å². The van der Waals surface area contributed by atoms with E-state index in [1.807, 2.05) is 6.07 Å². The molecule has 0 unspecified atom stereocenters. The van der Waals surface area contributed by atoms with E-state index in [0.29, 0.717) is 12.4 Å². The van der Waals surface area contributed by atoms with Crippen LogP contribution in [-0.2, 0) is 5.41 Å². The van der Waals surface area contributed by atoms with Crippen molar-refractivity contribution in [3.05, 3.63) is 35.9 Å². The number of ketones is 1. The van der Waals surface area contributed by atoms with Crippen molar-refractivity contribution in [2.24, 2.45) is 0 Å². The van der Waals surface area contributed by atoms with Crippen molar-refractivity contribution < 1.29 is 14.6 Å². The summed E-state index contributed by atoms with van der Waals surface area (Å²) in [5, 5.41) is 11.4. The zero-order chi connectivity index (χ0) is 18.2.